The molecular formula is C23H36IN5O. The number of aromatic nitrogens is 1. The summed E-state index contributed by atoms with van der Waals surface area (Å²) in [5, 5.41) is 12.7. The Hall–Kier alpha value is -1.74. The van der Waals surface area contributed by atoms with Crippen LogP contribution in [-0.2, 0) is 20.1 Å². The van der Waals surface area contributed by atoms with E-state index in [-0.39, 0.29) is 24.0 Å². The summed E-state index contributed by atoms with van der Waals surface area (Å²) in [5.41, 5.74) is 3.73. The molecule has 1 aliphatic rings. The number of halogens is 1. The van der Waals surface area contributed by atoms with Crippen LogP contribution >= 0.6 is 24.0 Å². The molecule has 1 aliphatic heterocycles. The number of benzene rings is 1. The zero-order valence-corrected chi connectivity index (χ0v) is 20.8. The number of piperidine rings is 1. The van der Waals surface area contributed by atoms with Crippen LogP contribution in [0.4, 0.5) is 5.69 Å². The minimum atomic E-state index is 0. The van der Waals surface area contributed by atoms with Crippen LogP contribution in [0.1, 0.15) is 31.0 Å². The minimum absolute atomic E-state index is 0. The number of aliphatic hydroxyl groups excluding tert-OH is 1. The molecule has 166 valence electrons. The summed E-state index contributed by atoms with van der Waals surface area (Å²) in [4.78, 5) is 9.42. The summed E-state index contributed by atoms with van der Waals surface area (Å²) in [6.45, 7) is 6.79. The summed E-state index contributed by atoms with van der Waals surface area (Å²) in [6, 6.07) is 13.0. The molecule has 2 N–H and O–H groups in total. The van der Waals surface area contributed by atoms with E-state index in [2.05, 4.69) is 83.3 Å². The van der Waals surface area contributed by atoms with E-state index >= 15 is 0 Å². The van der Waals surface area contributed by atoms with Crippen LogP contribution in [0.2, 0.25) is 0 Å². The standard InChI is InChI=1S/C23H35N5O.HI/c1-4-24-23(27(3)17-22-6-5-13-26(22)2)25-16-19-7-9-21(10-8-19)28-14-11-20(18-29)12-15-28;/h5-10,13,20,29H,4,11-12,14-18H2,1-3H3,(H,24,25);1H. The molecule has 1 fully saturated rings. The van der Waals surface area contributed by atoms with Crippen LogP contribution in [0.5, 0.6) is 0 Å². The maximum Gasteiger partial charge on any atom is 0.194 e. The van der Waals surface area contributed by atoms with E-state index in [1.54, 1.807) is 0 Å². The van der Waals surface area contributed by atoms with Crippen LogP contribution in [0.3, 0.4) is 0 Å². The summed E-state index contributed by atoms with van der Waals surface area (Å²) in [7, 11) is 4.15. The van der Waals surface area contributed by atoms with Crippen LogP contribution in [0.25, 0.3) is 0 Å². The monoisotopic (exact) mass is 525 g/mol. The first-order chi connectivity index (χ1) is 14.1. The van der Waals surface area contributed by atoms with Crippen molar-refractivity contribution in [2.45, 2.75) is 32.9 Å². The second-order valence-electron chi connectivity index (χ2n) is 7.92. The van der Waals surface area contributed by atoms with Gasteiger partial charge < -0.3 is 24.8 Å². The van der Waals surface area contributed by atoms with Gasteiger partial charge in [0.25, 0.3) is 0 Å². The summed E-state index contributed by atoms with van der Waals surface area (Å²) in [6.07, 6.45) is 4.21. The van der Waals surface area contributed by atoms with Gasteiger partial charge in [-0.3, -0.25) is 0 Å². The van der Waals surface area contributed by atoms with Crippen LogP contribution in [0.15, 0.2) is 47.6 Å². The normalized spacial score (nSPS) is 15.1. The van der Waals surface area contributed by atoms with E-state index in [4.69, 9.17) is 4.99 Å². The Balaban J connectivity index is 0.00000320. The molecule has 1 aromatic carbocycles. The Labute approximate surface area is 198 Å². The second kappa shape index (κ2) is 12.2. The number of hydrogen-bond donors (Lipinski definition) is 2. The number of anilines is 1. The van der Waals surface area contributed by atoms with Crippen molar-refractivity contribution in [3.8, 4) is 0 Å². The van der Waals surface area contributed by atoms with Crippen LogP contribution < -0.4 is 10.2 Å². The van der Waals surface area contributed by atoms with E-state index in [1.807, 2.05) is 0 Å². The van der Waals surface area contributed by atoms with Gasteiger partial charge in [-0.05, 0) is 55.5 Å². The van der Waals surface area contributed by atoms with E-state index in [0.717, 1.165) is 45.0 Å². The quantitative estimate of drug-likeness (QED) is 0.331. The highest BCUT2D eigenvalue weighted by atomic mass is 127. The molecule has 7 heteroatoms. The zero-order chi connectivity index (χ0) is 20.6. The second-order valence-corrected chi connectivity index (χ2v) is 7.92. The molecule has 0 amide bonds. The number of nitrogens with one attached hydrogen (secondary N) is 1. The number of aliphatic imine (C=N–C) groups is 1. The molecule has 1 saturated heterocycles. The van der Waals surface area contributed by atoms with Crippen molar-refractivity contribution in [1.29, 1.82) is 0 Å². The van der Waals surface area contributed by atoms with Crippen molar-refractivity contribution in [3.63, 3.8) is 0 Å². The lowest BCUT2D eigenvalue weighted by atomic mass is 9.97. The lowest BCUT2D eigenvalue weighted by molar-refractivity contribution is 0.203. The Kier molecular flexibility index (Phi) is 9.97. The SMILES string of the molecule is CCNC(=NCc1ccc(N2CCC(CO)CC2)cc1)N(C)Cc1cccn1C.I. The maximum atomic E-state index is 9.31. The fraction of sp³-hybridized carbons (Fsp3) is 0.522. The molecule has 2 heterocycles. The zero-order valence-electron chi connectivity index (χ0n) is 18.4. The molecule has 0 radical (unpaired) electrons. The van der Waals surface area contributed by atoms with E-state index < -0.39 is 0 Å². The number of hydrogen-bond acceptors (Lipinski definition) is 3. The highest BCUT2D eigenvalue weighted by Gasteiger charge is 2.18. The third kappa shape index (κ3) is 6.63. The van der Waals surface area contributed by atoms with Gasteiger partial charge >= 0.3 is 0 Å². The highest BCUT2D eigenvalue weighted by Crippen LogP contribution is 2.23. The van der Waals surface area contributed by atoms with Gasteiger partial charge in [0.05, 0.1) is 13.1 Å². The summed E-state index contributed by atoms with van der Waals surface area (Å²) >= 11 is 0. The third-order valence-electron chi connectivity index (χ3n) is 5.73. The van der Waals surface area contributed by atoms with Gasteiger partial charge in [-0.1, -0.05) is 12.1 Å². The molecule has 3 rings (SSSR count). The topological polar surface area (TPSA) is 56.0 Å². The lowest BCUT2D eigenvalue weighted by Crippen LogP contribution is -2.38. The molecule has 0 atom stereocenters. The first kappa shape index (κ1) is 24.5. The number of aryl methyl sites for hydroxylation is 1. The molecule has 1 aromatic heterocycles. The van der Waals surface area contributed by atoms with Crippen LogP contribution in [0, 0.1) is 5.92 Å². The number of aliphatic hydroxyl groups is 1. The van der Waals surface area contributed by atoms with Gasteiger partial charge in [0.15, 0.2) is 5.96 Å². The average molecular weight is 525 g/mol. The Morgan fingerprint density at radius 2 is 1.90 bits per heavy atom. The number of guanidine groups is 1. The molecule has 0 bridgehead atoms. The molecule has 6 nitrogen and oxygen atoms in total. The molecule has 0 unspecified atom stereocenters. The maximum absolute atomic E-state index is 9.31. The fourth-order valence-electron chi connectivity index (χ4n) is 3.80. The van der Waals surface area contributed by atoms with E-state index in [1.165, 1.54) is 16.9 Å². The molecule has 2 aromatic rings. The predicted octanol–water partition coefficient (Wildman–Crippen LogP) is 3.45. The number of rotatable bonds is 7. The van der Waals surface area contributed by atoms with Crippen LogP contribution in [-0.4, -0.2) is 53.8 Å². The Bertz CT molecular complexity index is 781. The van der Waals surface area contributed by atoms with Crippen molar-refractivity contribution in [2.24, 2.45) is 18.0 Å². The Morgan fingerprint density at radius 1 is 1.20 bits per heavy atom. The predicted molar refractivity (Wildman–Crippen MR) is 136 cm³/mol. The average Bonchev–Trinajstić information content (AvgIpc) is 3.16. The van der Waals surface area contributed by atoms with Gasteiger partial charge in [-0.25, -0.2) is 4.99 Å². The first-order valence-corrected chi connectivity index (χ1v) is 10.6. The first-order valence-electron chi connectivity index (χ1n) is 10.6. The molecule has 0 aliphatic carbocycles. The van der Waals surface area contributed by atoms with Crippen molar-refractivity contribution >= 4 is 35.6 Å². The smallest absolute Gasteiger partial charge is 0.194 e. The van der Waals surface area contributed by atoms with Crippen molar-refractivity contribution < 1.29 is 5.11 Å². The largest absolute Gasteiger partial charge is 0.396 e. The molecule has 0 spiro atoms. The molecule has 0 saturated carbocycles. The minimum Gasteiger partial charge on any atom is -0.396 e. The summed E-state index contributed by atoms with van der Waals surface area (Å²) in [5.74, 6) is 1.39. The highest BCUT2D eigenvalue weighted by molar-refractivity contribution is 14.0. The molecule has 30 heavy (non-hydrogen) atoms. The lowest BCUT2D eigenvalue weighted by Gasteiger charge is -2.32. The van der Waals surface area contributed by atoms with Gasteiger partial charge in [-0.2, -0.15) is 0 Å². The van der Waals surface area contributed by atoms with Gasteiger partial charge in [0, 0.05) is 57.9 Å². The van der Waals surface area contributed by atoms with Gasteiger partial charge in [0.2, 0.25) is 0 Å². The van der Waals surface area contributed by atoms with E-state index in [0.29, 0.717) is 19.1 Å². The molecular weight excluding hydrogens is 489 g/mol. The van der Waals surface area contributed by atoms with Crippen molar-refractivity contribution in [2.75, 3.05) is 38.2 Å². The Morgan fingerprint density at radius 3 is 2.47 bits per heavy atom. The summed E-state index contributed by atoms with van der Waals surface area (Å²) < 4.78 is 2.14. The van der Waals surface area contributed by atoms with Crippen molar-refractivity contribution in [3.05, 3.63) is 53.9 Å². The number of nitrogens with zero attached hydrogens (tertiary/aromatic N) is 4. The van der Waals surface area contributed by atoms with Gasteiger partial charge in [-0.15, -0.1) is 24.0 Å². The fourth-order valence-corrected chi connectivity index (χ4v) is 3.80. The third-order valence-corrected chi connectivity index (χ3v) is 5.73. The van der Waals surface area contributed by atoms with E-state index in [9.17, 15) is 5.11 Å². The van der Waals surface area contributed by atoms with Gasteiger partial charge in [0.1, 0.15) is 0 Å². The van der Waals surface area contributed by atoms with Crippen molar-refractivity contribution in [1.82, 2.24) is 14.8 Å².